The Morgan fingerprint density at radius 3 is 2.35 bits per heavy atom. The summed E-state index contributed by atoms with van der Waals surface area (Å²) in [5.74, 6) is 0.196. The fourth-order valence-electron chi connectivity index (χ4n) is 0.916. The molecule has 0 aromatic carbocycles. The fourth-order valence-corrected chi connectivity index (χ4v) is 0.916. The molecule has 0 bridgehead atoms. The lowest BCUT2D eigenvalue weighted by molar-refractivity contribution is -0.125. The molecule has 0 saturated carbocycles. The van der Waals surface area contributed by atoms with Crippen LogP contribution in [0.15, 0.2) is 0 Å². The van der Waals surface area contributed by atoms with Crippen molar-refractivity contribution in [3.63, 3.8) is 0 Å². The lowest BCUT2D eigenvalue weighted by atomic mass is 10.2. The second kappa shape index (κ2) is 8.81. The Balaban J connectivity index is 3.73. The standard InChI is InChI=1S/C11H23N3O3/c1-5-6-12-11(16)17-14-9(4)10(15)13-7-8(2)3/h8-9,14H,5-7H2,1-4H3,(H,12,16)(H,13,15). The molecular weight excluding hydrogens is 222 g/mol. The summed E-state index contributed by atoms with van der Waals surface area (Å²) in [6, 6.07) is -0.568. The molecule has 0 heterocycles. The molecule has 100 valence electrons. The highest BCUT2D eigenvalue weighted by Crippen LogP contribution is 1.89. The van der Waals surface area contributed by atoms with Crippen molar-refractivity contribution in [2.24, 2.45) is 5.92 Å². The third-order valence-electron chi connectivity index (χ3n) is 1.93. The maximum Gasteiger partial charge on any atom is 0.426 e. The van der Waals surface area contributed by atoms with Gasteiger partial charge in [0.25, 0.3) is 0 Å². The quantitative estimate of drug-likeness (QED) is 0.579. The van der Waals surface area contributed by atoms with Crippen molar-refractivity contribution in [2.45, 2.75) is 40.2 Å². The van der Waals surface area contributed by atoms with Crippen LogP contribution in [-0.2, 0) is 9.63 Å². The molecule has 1 atom stereocenters. The third kappa shape index (κ3) is 8.50. The average Bonchev–Trinajstić information content (AvgIpc) is 2.29. The summed E-state index contributed by atoms with van der Waals surface area (Å²) < 4.78 is 0. The zero-order valence-electron chi connectivity index (χ0n) is 11.0. The summed E-state index contributed by atoms with van der Waals surface area (Å²) in [4.78, 5) is 27.2. The molecule has 0 saturated heterocycles. The van der Waals surface area contributed by atoms with Crippen molar-refractivity contribution in [3.8, 4) is 0 Å². The van der Waals surface area contributed by atoms with Gasteiger partial charge in [0.1, 0.15) is 6.04 Å². The Hall–Kier alpha value is -1.30. The molecule has 3 N–H and O–H groups in total. The summed E-state index contributed by atoms with van der Waals surface area (Å²) >= 11 is 0. The monoisotopic (exact) mass is 245 g/mol. The van der Waals surface area contributed by atoms with Gasteiger partial charge in [0.15, 0.2) is 0 Å². The van der Waals surface area contributed by atoms with E-state index < -0.39 is 12.1 Å². The zero-order valence-corrected chi connectivity index (χ0v) is 11.0. The van der Waals surface area contributed by atoms with Crippen molar-refractivity contribution < 1.29 is 14.4 Å². The minimum atomic E-state index is -0.574. The highest BCUT2D eigenvalue weighted by atomic mass is 16.7. The van der Waals surface area contributed by atoms with E-state index in [9.17, 15) is 9.59 Å². The van der Waals surface area contributed by atoms with E-state index in [1.807, 2.05) is 20.8 Å². The topological polar surface area (TPSA) is 79.5 Å². The van der Waals surface area contributed by atoms with Gasteiger partial charge in [0.05, 0.1) is 0 Å². The molecule has 0 aliphatic rings. The van der Waals surface area contributed by atoms with E-state index in [1.165, 1.54) is 0 Å². The number of carbonyl (C=O) groups is 2. The van der Waals surface area contributed by atoms with Gasteiger partial charge < -0.3 is 15.5 Å². The first-order valence-electron chi connectivity index (χ1n) is 5.95. The van der Waals surface area contributed by atoms with Gasteiger partial charge in [-0.05, 0) is 19.3 Å². The van der Waals surface area contributed by atoms with Crippen LogP contribution in [0.5, 0.6) is 0 Å². The molecule has 0 spiro atoms. The van der Waals surface area contributed by atoms with Crippen LogP contribution in [-0.4, -0.2) is 31.1 Å². The minimum absolute atomic E-state index is 0.193. The SMILES string of the molecule is CCCNC(=O)ONC(C)C(=O)NCC(C)C. The van der Waals surface area contributed by atoms with Crippen LogP contribution in [0.3, 0.4) is 0 Å². The Morgan fingerprint density at radius 1 is 1.18 bits per heavy atom. The second-order valence-electron chi connectivity index (χ2n) is 4.29. The number of carbonyl (C=O) groups excluding carboxylic acids is 2. The van der Waals surface area contributed by atoms with E-state index >= 15 is 0 Å². The highest BCUT2D eigenvalue weighted by molar-refractivity contribution is 5.81. The number of amides is 2. The summed E-state index contributed by atoms with van der Waals surface area (Å²) in [6.07, 6.45) is 0.259. The first-order chi connectivity index (χ1) is 7.97. The van der Waals surface area contributed by atoms with Crippen LogP contribution < -0.4 is 16.1 Å². The van der Waals surface area contributed by atoms with Gasteiger partial charge in [0.2, 0.25) is 5.91 Å². The maximum atomic E-state index is 11.5. The normalized spacial score (nSPS) is 12.1. The van der Waals surface area contributed by atoms with Gasteiger partial charge >= 0.3 is 6.09 Å². The molecule has 1 unspecified atom stereocenters. The average molecular weight is 245 g/mol. The number of nitrogens with one attached hydrogen (secondary N) is 3. The first kappa shape index (κ1) is 15.7. The number of hydrogen-bond donors (Lipinski definition) is 3. The Labute approximate surface area is 102 Å². The maximum absolute atomic E-state index is 11.5. The van der Waals surface area contributed by atoms with E-state index in [0.717, 1.165) is 6.42 Å². The molecule has 2 amide bonds. The Kier molecular flexibility index (Phi) is 8.13. The largest absolute Gasteiger partial charge is 0.426 e. The molecule has 0 aromatic heterocycles. The minimum Gasteiger partial charge on any atom is -0.354 e. The van der Waals surface area contributed by atoms with Gasteiger partial charge in [0, 0.05) is 13.1 Å². The van der Waals surface area contributed by atoms with Gasteiger partial charge in [-0.15, -0.1) is 5.48 Å². The predicted molar refractivity (Wildman–Crippen MR) is 65.2 cm³/mol. The number of hydroxylamine groups is 1. The Morgan fingerprint density at radius 2 is 1.82 bits per heavy atom. The van der Waals surface area contributed by atoms with Crippen molar-refractivity contribution in [2.75, 3.05) is 13.1 Å². The van der Waals surface area contributed by atoms with Crippen LogP contribution in [0.1, 0.15) is 34.1 Å². The Bertz CT molecular complexity index is 244. The fraction of sp³-hybridized carbons (Fsp3) is 0.818. The molecular formula is C11H23N3O3. The molecule has 6 heteroatoms. The van der Waals surface area contributed by atoms with E-state index in [-0.39, 0.29) is 5.91 Å². The predicted octanol–water partition coefficient (Wildman–Crippen LogP) is 0.788. The lowest BCUT2D eigenvalue weighted by Gasteiger charge is -2.14. The van der Waals surface area contributed by atoms with Gasteiger partial charge in [-0.2, -0.15) is 0 Å². The highest BCUT2D eigenvalue weighted by Gasteiger charge is 2.14. The van der Waals surface area contributed by atoms with E-state index in [1.54, 1.807) is 6.92 Å². The zero-order chi connectivity index (χ0) is 13.3. The third-order valence-corrected chi connectivity index (χ3v) is 1.93. The summed E-state index contributed by atoms with van der Waals surface area (Å²) in [7, 11) is 0. The number of hydrogen-bond acceptors (Lipinski definition) is 4. The molecule has 0 aliphatic heterocycles. The molecule has 0 fully saturated rings. The van der Waals surface area contributed by atoms with E-state index in [2.05, 4.69) is 21.0 Å². The molecule has 0 aromatic rings. The van der Waals surface area contributed by atoms with Crippen LogP contribution >= 0.6 is 0 Å². The molecule has 0 rings (SSSR count). The number of rotatable bonds is 7. The van der Waals surface area contributed by atoms with E-state index in [0.29, 0.717) is 19.0 Å². The molecule has 6 nitrogen and oxygen atoms in total. The first-order valence-corrected chi connectivity index (χ1v) is 5.95. The van der Waals surface area contributed by atoms with Gasteiger partial charge in [-0.1, -0.05) is 20.8 Å². The smallest absolute Gasteiger partial charge is 0.354 e. The van der Waals surface area contributed by atoms with E-state index in [4.69, 9.17) is 0 Å². The van der Waals surface area contributed by atoms with Crippen molar-refractivity contribution >= 4 is 12.0 Å². The molecule has 0 radical (unpaired) electrons. The molecule has 17 heavy (non-hydrogen) atoms. The summed E-state index contributed by atoms with van der Waals surface area (Å²) in [5, 5.41) is 5.26. The summed E-state index contributed by atoms with van der Waals surface area (Å²) in [6.45, 7) is 8.74. The summed E-state index contributed by atoms with van der Waals surface area (Å²) in [5.41, 5.74) is 2.39. The van der Waals surface area contributed by atoms with Gasteiger partial charge in [-0.3, -0.25) is 4.79 Å². The van der Waals surface area contributed by atoms with Crippen molar-refractivity contribution in [1.82, 2.24) is 16.1 Å². The second-order valence-corrected chi connectivity index (χ2v) is 4.29. The van der Waals surface area contributed by atoms with Crippen molar-refractivity contribution in [3.05, 3.63) is 0 Å². The molecule has 0 aliphatic carbocycles. The van der Waals surface area contributed by atoms with Crippen molar-refractivity contribution in [1.29, 1.82) is 0 Å². The lowest BCUT2D eigenvalue weighted by Crippen LogP contribution is -2.45. The van der Waals surface area contributed by atoms with Crippen LogP contribution in [0, 0.1) is 5.92 Å². The van der Waals surface area contributed by atoms with Gasteiger partial charge in [-0.25, -0.2) is 4.79 Å². The van der Waals surface area contributed by atoms with Crippen LogP contribution in [0.25, 0.3) is 0 Å². The van der Waals surface area contributed by atoms with Crippen LogP contribution in [0.2, 0.25) is 0 Å². The van der Waals surface area contributed by atoms with Crippen LogP contribution in [0.4, 0.5) is 4.79 Å².